The lowest BCUT2D eigenvalue weighted by atomic mass is 10.2. The second kappa shape index (κ2) is 5.77. The van der Waals surface area contributed by atoms with E-state index in [0.717, 1.165) is 19.6 Å². The maximum absolute atomic E-state index is 11.7. The number of hydrogen-bond donors (Lipinski definition) is 1. The van der Waals surface area contributed by atoms with Crippen LogP contribution in [-0.2, 0) is 16.6 Å². The summed E-state index contributed by atoms with van der Waals surface area (Å²) < 4.78 is 25.1. The Bertz CT molecular complexity index is 467. The molecule has 6 heteroatoms. The molecule has 0 atom stereocenters. The van der Waals surface area contributed by atoms with Crippen molar-refractivity contribution >= 4 is 10.0 Å². The third kappa shape index (κ3) is 3.28. The zero-order valence-corrected chi connectivity index (χ0v) is 11.5. The molecule has 0 spiro atoms. The fourth-order valence-corrected chi connectivity index (χ4v) is 3.33. The van der Waals surface area contributed by atoms with Gasteiger partial charge in [-0.05, 0) is 19.1 Å². The molecule has 1 fully saturated rings. The van der Waals surface area contributed by atoms with E-state index >= 15 is 0 Å². The van der Waals surface area contributed by atoms with Gasteiger partial charge in [-0.15, -0.1) is 0 Å². The molecule has 1 aromatic heterocycles. The van der Waals surface area contributed by atoms with Crippen molar-refractivity contribution in [2.75, 3.05) is 31.9 Å². The predicted octanol–water partition coefficient (Wildman–Crippen LogP) is -0.868. The standard InChI is InChI=1S/C12H19N3O2S/c1-2-18(16,17)15-9-7-14(8-10-15)11-12-3-5-13-6-4-12/h3-6H,2,7-11H2,1H3/p+1. The van der Waals surface area contributed by atoms with E-state index in [2.05, 4.69) is 4.98 Å². The van der Waals surface area contributed by atoms with Crippen LogP contribution in [0.15, 0.2) is 24.5 Å². The van der Waals surface area contributed by atoms with Crippen molar-refractivity contribution in [3.63, 3.8) is 0 Å². The summed E-state index contributed by atoms with van der Waals surface area (Å²) in [6.45, 7) is 5.67. The predicted molar refractivity (Wildman–Crippen MR) is 69.7 cm³/mol. The summed E-state index contributed by atoms with van der Waals surface area (Å²) in [6.07, 6.45) is 3.60. The first-order chi connectivity index (χ1) is 8.62. The van der Waals surface area contributed by atoms with Crippen LogP contribution in [0.25, 0.3) is 0 Å². The number of hydrogen-bond acceptors (Lipinski definition) is 3. The van der Waals surface area contributed by atoms with E-state index in [9.17, 15) is 8.42 Å². The summed E-state index contributed by atoms with van der Waals surface area (Å²) in [6, 6.07) is 4.03. The summed E-state index contributed by atoms with van der Waals surface area (Å²) >= 11 is 0. The second-order valence-electron chi connectivity index (χ2n) is 4.58. The van der Waals surface area contributed by atoms with Crippen molar-refractivity contribution in [3.05, 3.63) is 30.1 Å². The first-order valence-corrected chi connectivity index (χ1v) is 7.93. The zero-order chi connectivity index (χ0) is 13.0. The Morgan fingerprint density at radius 3 is 2.44 bits per heavy atom. The maximum Gasteiger partial charge on any atom is 0.214 e. The number of sulfonamides is 1. The van der Waals surface area contributed by atoms with Gasteiger partial charge in [-0.3, -0.25) is 4.98 Å². The SMILES string of the molecule is CCS(=O)(=O)N1CC[NH+](Cc2ccncc2)CC1. The highest BCUT2D eigenvalue weighted by atomic mass is 32.2. The van der Waals surface area contributed by atoms with Gasteiger partial charge in [-0.25, -0.2) is 8.42 Å². The summed E-state index contributed by atoms with van der Waals surface area (Å²) in [5, 5.41) is 0. The Morgan fingerprint density at radius 2 is 1.89 bits per heavy atom. The van der Waals surface area contributed by atoms with E-state index in [1.165, 1.54) is 10.5 Å². The van der Waals surface area contributed by atoms with Crippen molar-refractivity contribution in [2.24, 2.45) is 0 Å². The number of quaternary nitrogens is 1. The minimum absolute atomic E-state index is 0.201. The molecule has 1 aliphatic heterocycles. The van der Waals surface area contributed by atoms with E-state index < -0.39 is 10.0 Å². The van der Waals surface area contributed by atoms with Gasteiger partial charge in [0.15, 0.2) is 0 Å². The van der Waals surface area contributed by atoms with Crippen LogP contribution in [0.5, 0.6) is 0 Å². The molecule has 1 saturated heterocycles. The van der Waals surface area contributed by atoms with E-state index in [1.807, 2.05) is 12.1 Å². The molecule has 0 amide bonds. The lowest BCUT2D eigenvalue weighted by Gasteiger charge is -2.31. The Balaban J connectivity index is 1.88. The molecule has 100 valence electrons. The number of piperazine rings is 1. The third-order valence-corrected chi connectivity index (χ3v) is 5.27. The quantitative estimate of drug-likeness (QED) is 0.774. The summed E-state index contributed by atoms with van der Waals surface area (Å²) in [5.74, 6) is 0.201. The van der Waals surface area contributed by atoms with E-state index in [-0.39, 0.29) is 5.75 Å². The normalized spacial score (nSPS) is 18.9. The van der Waals surface area contributed by atoms with Gasteiger partial charge >= 0.3 is 0 Å². The molecule has 0 radical (unpaired) electrons. The summed E-state index contributed by atoms with van der Waals surface area (Å²) in [4.78, 5) is 5.43. The van der Waals surface area contributed by atoms with Gasteiger partial charge < -0.3 is 4.90 Å². The highest BCUT2D eigenvalue weighted by Gasteiger charge is 2.27. The third-order valence-electron chi connectivity index (χ3n) is 3.39. The highest BCUT2D eigenvalue weighted by molar-refractivity contribution is 7.89. The van der Waals surface area contributed by atoms with Crippen LogP contribution < -0.4 is 4.90 Å². The molecule has 2 heterocycles. The van der Waals surface area contributed by atoms with Crippen LogP contribution in [0, 0.1) is 0 Å². The molecule has 18 heavy (non-hydrogen) atoms. The molecule has 0 saturated carbocycles. The molecular formula is C12H20N3O2S+. The second-order valence-corrected chi connectivity index (χ2v) is 6.84. The minimum atomic E-state index is -3.01. The molecular weight excluding hydrogens is 250 g/mol. The van der Waals surface area contributed by atoms with Gasteiger partial charge in [0.05, 0.1) is 31.9 Å². The van der Waals surface area contributed by atoms with Gasteiger partial charge in [-0.1, -0.05) is 0 Å². The van der Waals surface area contributed by atoms with E-state index in [0.29, 0.717) is 13.1 Å². The van der Waals surface area contributed by atoms with E-state index in [4.69, 9.17) is 0 Å². The van der Waals surface area contributed by atoms with Crippen LogP contribution in [-0.4, -0.2) is 49.6 Å². The van der Waals surface area contributed by atoms with Crippen LogP contribution in [0.1, 0.15) is 12.5 Å². The van der Waals surface area contributed by atoms with Gasteiger partial charge in [0, 0.05) is 18.0 Å². The van der Waals surface area contributed by atoms with Crippen LogP contribution in [0.2, 0.25) is 0 Å². The Kier molecular flexibility index (Phi) is 4.31. The average molecular weight is 270 g/mol. The summed E-state index contributed by atoms with van der Waals surface area (Å²) in [5.41, 5.74) is 1.26. The van der Waals surface area contributed by atoms with Gasteiger partial charge in [-0.2, -0.15) is 4.31 Å². The lowest BCUT2D eigenvalue weighted by molar-refractivity contribution is -0.917. The first kappa shape index (κ1) is 13.5. The number of pyridine rings is 1. The molecule has 1 aromatic rings. The largest absolute Gasteiger partial charge is 0.329 e. The van der Waals surface area contributed by atoms with E-state index in [1.54, 1.807) is 23.6 Å². The average Bonchev–Trinajstić information content (AvgIpc) is 2.40. The van der Waals surface area contributed by atoms with Crippen LogP contribution >= 0.6 is 0 Å². The van der Waals surface area contributed by atoms with Crippen molar-refractivity contribution in [3.8, 4) is 0 Å². The van der Waals surface area contributed by atoms with Gasteiger partial charge in [0.2, 0.25) is 10.0 Å². The molecule has 0 aromatic carbocycles. The minimum Gasteiger partial charge on any atom is -0.329 e. The maximum atomic E-state index is 11.7. The fraction of sp³-hybridized carbons (Fsp3) is 0.583. The van der Waals surface area contributed by atoms with Crippen molar-refractivity contribution in [1.82, 2.24) is 9.29 Å². The van der Waals surface area contributed by atoms with Crippen molar-refractivity contribution in [1.29, 1.82) is 0 Å². The van der Waals surface area contributed by atoms with Gasteiger partial charge in [0.1, 0.15) is 6.54 Å². The number of nitrogens with one attached hydrogen (secondary N) is 1. The summed E-state index contributed by atoms with van der Waals surface area (Å²) in [7, 11) is -3.01. The molecule has 5 nitrogen and oxygen atoms in total. The molecule has 0 unspecified atom stereocenters. The van der Waals surface area contributed by atoms with Crippen LogP contribution in [0.3, 0.4) is 0 Å². The molecule has 1 aliphatic rings. The Morgan fingerprint density at radius 1 is 1.28 bits per heavy atom. The molecule has 0 aliphatic carbocycles. The molecule has 2 rings (SSSR count). The smallest absolute Gasteiger partial charge is 0.214 e. The van der Waals surface area contributed by atoms with Crippen molar-refractivity contribution < 1.29 is 13.3 Å². The zero-order valence-electron chi connectivity index (χ0n) is 10.7. The van der Waals surface area contributed by atoms with Crippen molar-refractivity contribution in [2.45, 2.75) is 13.5 Å². The molecule has 0 bridgehead atoms. The highest BCUT2D eigenvalue weighted by Crippen LogP contribution is 2.01. The number of nitrogens with zero attached hydrogens (tertiary/aromatic N) is 2. The lowest BCUT2D eigenvalue weighted by Crippen LogP contribution is -3.13. The number of aromatic nitrogens is 1. The Labute approximate surface area is 108 Å². The Hall–Kier alpha value is -0.980. The first-order valence-electron chi connectivity index (χ1n) is 6.32. The fourth-order valence-electron chi connectivity index (χ4n) is 2.23. The number of rotatable bonds is 4. The molecule has 1 N–H and O–H groups in total. The monoisotopic (exact) mass is 270 g/mol. The van der Waals surface area contributed by atoms with Crippen LogP contribution in [0.4, 0.5) is 0 Å². The topological polar surface area (TPSA) is 54.7 Å². The van der Waals surface area contributed by atoms with Gasteiger partial charge in [0.25, 0.3) is 0 Å².